The Morgan fingerprint density at radius 2 is 1.71 bits per heavy atom. The van der Waals surface area contributed by atoms with Crippen LogP contribution in [0.3, 0.4) is 0 Å². The lowest BCUT2D eigenvalue weighted by molar-refractivity contribution is 0.0954. The molecule has 0 aliphatic heterocycles. The van der Waals surface area contributed by atoms with E-state index in [0.717, 1.165) is 25.1 Å². The summed E-state index contributed by atoms with van der Waals surface area (Å²) in [6.07, 6.45) is 1.93. The molecule has 110 valence electrons. The quantitative estimate of drug-likeness (QED) is 0.763. The highest BCUT2D eigenvalue weighted by Gasteiger charge is 2.09. The second-order valence-corrected chi connectivity index (χ2v) is 4.92. The number of rotatable bonds is 7. The lowest BCUT2D eigenvalue weighted by atomic mass is 10.1. The van der Waals surface area contributed by atoms with Crippen LogP contribution in [0.25, 0.3) is 0 Å². The van der Waals surface area contributed by atoms with Crippen LogP contribution in [0.1, 0.15) is 29.3 Å². The van der Waals surface area contributed by atoms with Gasteiger partial charge < -0.3 is 10.6 Å². The molecule has 0 fully saturated rings. The van der Waals surface area contributed by atoms with Gasteiger partial charge in [-0.3, -0.25) is 4.79 Å². The van der Waals surface area contributed by atoms with E-state index in [0.29, 0.717) is 12.1 Å². The molecule has 2 aromatic rings. The van der Waals surface area contributed by atoms with E-state index in [9.17, 15) is 4.79 Å². The van der Waals surface area contributed by atoms with Gasteiger partial charge in [-0.25, -0.2) is 0 Å². The zero-order valence-electron chi connectivity index (χ0n) is 12.4. The maximum atomic E-state index is 12.2. The first kappa shape index (κ1) is 15.1. The number of anilines is 1. The van der Waals surface area contributed by atoms with E-state index in [2.05, 4.69) is 22.8 Å². The summed E-state index contributed by atoms with van der Waals surface area (Å²) in [5.74, 6) is -0.0142. The minimum atomic E-state index is -0.0142. The van der Waals surface area contributed by atoms with Crippen molar-refractivity contribution in [2.24, 2.45) is 0 Å². The van der Waals surface area contributed by atoms with Crippen LogP contribution in [-0.2, 0) is 6.42 Å². The number of amides is 1. The molecule has 0 aliphatic carbocycles. The van der Waals surface area contributed by atoms with Crippen molar-refractivity contribution in [1.29, 1.82) is 0 Å². The fourth-order valence-electron chi connectivity index (χ4n) is 2.26. The normalized spacial score (nSPS) is 10.1. The Kier molecular flexibility index (Phi) is 5.83. The number of benzene rings is 2. The fraction of sp³-hybridized carbons (Fsp3) is 0.278. The van der Waals surface area contributed by atoms with Gasteiger partial charge in [0.15, 0.2) is 0 Å². The molecule has 1 amide bonds. The van der Waals surface area contributed by atoms with Crippen molar-refractivity contribution in [1.82, 2.24) is 5.32 Å². The third-order valence-corrected chi connectivity index (χ3v) is 3.31. The third-order valence-electron chi connectivity index (χ3n) is 3.31. The minimum absolute atomic E-state index is 0.0142. The molecule has 0 saturated heterocycles. The Balaban J connectivity index is 1.82. The first-order valence-electron chi connectivity index (χ1n) is 7.46. The molecule has 21 heavy (non-hydrogen) atoms. The van der Waals surface area contributed by atoms with Crippen LogP contribution in [0.2, 0.25) is 0 Å². The Morgan fingerprint density at radius 1 is 1.00 bits per heavy atom. The molecule has 3 nitrogen and oxygen atoms in total. The van der Waals surface area contributed by atoms with E-state index < -0.39 is 0 Å². The first-order valence-corrected chi connectivity index (χ1v) is 7.46. The van der Waals surface area contributed by atoms with E-state index in [-0.39, 0.29) is 5.91 Å². The van der Waals surface area contributed by atoms with Crippen molar-refractivity contribution < 1.29 is 4.79 Å². The largest absolute Gasteiger partial charge is 0.385 e. The number of hydrogen-bond acceptors (Lipinski definition) is 2. The lowest BCUT2D eigenvalue weighted by Gasteiger charge is -2.11. The number of nitrogens with one attached hydrogen (secondary N) is 2. The van der Waals surface area contributed by atoms with Gasteiger partial charge in [0.05, 0.1) is 5.56 Å². The Morgan fingerprint density at radius 3 is 2.48 bits per heavy atom. The van der Waals surface area contributed by atoms with Crippen LogP contribution < -0.4 is 10.6 Å². The predicted molar refractivity (Wildman–Crippen MR) is 87.7 cm³/mol. The molecular weight excluding hydrogens is 260 g/mol. The van der Waals surface area contributed by atoms with Gasteiger partial charge in [-0.15, -0.1) is 0 Å². The SMILES string of the molecule is CCNc1ccccc1C(=O)NCCCc1ccccc1. The van der Waals surface area contributed by atoms with Crippen molar-refractivity contribution in [3.8, 4) is 0 Å². The molecule has 0 aromatic heterocycles. The average Bonchev–Trinajstić information content (AvgIpc) is 2.53. The molecule has 0 aliphatic rings. The van der Waals surface area contributed by atoms with Gasteiger partial charge in [-0.1, -0.05) is 42.5 Å². The molecule has 0 radical (unpaired) electrons. The van der Waals surface area contributed by atoms with Gasteiger partial charge in [0, 0.05) is 18.8 Å². The van der Waals surface area contributed by atoms with E-state index in [1.165, 1.54) is 5.56 Å². The second kappa shape index (κ2) is 8.10. The van der Waals surface area contributed by atoms with Crippen LogP contribution in [0.5, 0.6) is 0 Å². The standard InChI is InChI=1S/C18H22N2O/c1-2-19-17-13-7-6-12-16(17)18(21)20-14-8-11-15-9-4-3-5-10-15/h3-7,9-10,12-13,19H,2,8,11,14H2,1H3,(H,20,21). The van der Waals surface area contributed by atoms with Crippen molar-refractivity contribution in [3.63, 3.8) is 0 Å². The molecule has 2 rings (SSSR count). The maximum absolute atomic E-state index is 12.2. The van der Waals surface area contributed by atoms with Gasteiger partial charge in [0.1, 0.15) is 0 Å². The van der Waals surface area contributed by atoms with Gasteiger partial charge in [-0.2, -0.15) is 0 Å². The van der Waals surface area contributed by atoms with Crippen LogP contribution in [0, 0.1) is 0 Å². The number of carbonyl (C=O) groups excluding carboxylic acids is 1. The lowest BCUT2D eigenvalue weighted by Crippen LogP contribution is -2.25. The topological polar surface area (TPSA) is 41.1 Å². The van der Waals surface area contributed by atoms with E-state index >= 15 is 0 Å². The molecule has 0 atom stereocenters. The summed E-state index contributed by atoms with van der Waals surface area (Å²) in [7, 11) is 0. The number of hydrogen-bond donors (Lipinski definition) is 2. The molecule has 2 aromatic carbocycles. The van der Waals surface area contributed by atoms with Crippen LogP contribution in [0.15, 0.2) is 54.6 Å². The van der Waals surface area contributed by atoms with Crippen LogP contribution in [-0.4, -0.2) is 19.0 Å². The summed E-state index contributed by atoms with van der Waals surface area (Å²) in [5, 5.41) is 6.20. The first-order chi connectivity index (χ1) is 10.3. The zero-order chi connectivity index (χ0) is 14.9. The molecule has 0 unspecified atom stereocenters. The molecule has 0 heterocycles. The number of carbonyl (C=O) groups is 1. The van der Waals surface area contributed by atoms with Gasteiger partial charge in [0.2, 0.25) is 0 Å². The Hall–Kier alpha value is -2.29. The molecule has 3 heteroatoms. The summed E-state index contributed by atoms with van der Waals surface area (Å²) in [6, 6.07) is 17.9. The summed E-state index contributed by atoms with van der Waals surface area (Å²) in [5.41, 5.74) is 2.90. The van der Waals surface area contributed by atoms with E-state index in [4.69, 9.17) is 0 Å². The molecule has 0 spiro atoms. The van der Waals surface area contributed by atoms with Crippen LogP contribution >= 0.6 is 0 Å². The van der Waals surface area contributed by atoms with E-state index in [1.807, 2.05) is 49.4 Å². The zero-order valence-corrected chi connectivity index (χ0v) is 12.4. The van der Waals surface area contributed by atoms with Crippen molar-refractivity contribution in [2.75, 3.05) is 18.4 Å². The van der Waals surface area contributed by atoms with Crippen LogP contribution in [0.4, 0.5) is 5.69 Å². The average molecular weight is 282 g/mol. The van der Waals surface area contributed by atoms with E-state index in [1.54, 1.807) is 0 Å². The second-order valence-electron chi connectivity index (χ2n) is 4.92. The fourth-order valence-corrected chi connectivity index (χ4v) is 2.26. The Labute approximate surface area is 126 Å². The highest BCUT2D eigenvalue weighted by molar-refractivity contribution is 5.99. The minimum Gasteiger partial charge on any atom is -0.385 e. The molecular formula is C18H22N2O. The smallest absolute Gasteiger partial charge is 0.253 e. The summed E-state index contributed by atoms with van der Waals surface area (Å²) in [6.45, 7) is 3.51. The summed E-state index contributed by atoms with van der Waals surface area (Å²) < 4.78 is 0. The van der Waals surface area contributed by atoms with Crippen molar-refractivity contribution in [2.45, 2.75) is 19.8 Å². The highest BCUT2D eigenvalue weighted by atomic mass is 16.1. The third kappa shape index (κ3) is 4.63. The monoisotopic (exact) mass is 282 g/mol. The Bertz CT molecular complexity index is 566. The summed E-state index contributed by atoms with van der Waals surface area (Å²) in [4.78, 5) is 12.2. The highest BCUT2D eigenvalue weighted by Crippen LogP contribution is 2.14. The number of para-hydroxylation sites is 1. The molecule has 0 bridgehead atoms. The van der Waals surface area contributed by atoms with Gasteiger partial charge in [-0.05, 0) is 37.5 Å². The van der Waals surface area contributed by atoms with Crippen molar-refractivity contribution in [3.05, 3.63) is 65.7 Å². The molecule has 0 saturated carbocycles. The molecule has 2 N–H and O–H groups in total. The number of aryl methyl sites for hydroxylation is 1. The summed E-state index contributed by atoms with van der Waals surface area (Å²) >= 11 is 0. The predicted octanol–water partition coefficient (Wildman–Crippen LogP) is 3.48. The maximum Gasteiger partial charge on any atom is 0.253 e. The van der Waals surface area contributed by atoms with Gasteiger partial charge in [0.25, 0.3) is 5.91 Å². The van der Waals surface area contributed by atoms with Crippen molar-refractivity contribution >= 4 is 11.6 Å². The van der Waals surface area contributed by atoms with Gasteiger partial charge >= 0.3 is 0 Å².